The molecule has 4 N–H and O–H groups in total. The molecule has 0 heterocycles. The first-order valence-electron chi connectivity index (χ1n) is 4.98. The van der Waals surface area contributed by atoms with Gasteiger partial charge in [-0.25, -0.2) is 0 Å². The average Bonchev–Trinajstić information content (AvgIpc) is 2.15. The minimum Gasteiger partial charge on any atom is -0.379 e. The Bertz CT molecular complexity index is 147. The molecular weight excluding hydrogens is 182 g/mol. The average molecular weight is 203 g/mol. The van der Waals surface area contributed by atoms with Crippen molar-refractivity contribution in [3.05, 3.63) is 0 Å². The Hall–Kier alpha value is -0.810. The van der Waals surface area contributed by atoms with Gasteiger partial charge in [-0.2, -0.15) is 0 Å². The summed E-state index contributed by atoms with van der Waals surface area (Å²) in [6.07, 6.45) is 2.26. The zero-order chi connectivity index (χ0) is 10.6. The smallest absolute Gasteiger partial charge is 0.185 e. The van der Waals surface area contributed by atoms with Gasteiger partial charge in [-0.3, -0.25) is 4.99 Å². The number of ether oxygens (including phenoxy) is 2. The van der Waals surface area contributed by atoms with Crippen molar-refractivity contribution in [3.8, 4) is 0 Å². The van der Waals surface area contributed by atoms with Crippen LogP contribution in [-0.4, -0.2) is 38.9 Å². The molecule has 0 bridgehead atoms. The van der Waals surface area contributed by atoms with Gasteiger partial charge in [-0.15, -0.1) is 0 Å². The summed E-state index contributed by atoms with van der Waals surface area (Å²) in [5.41, 5.74) is 10.3. The van der Waals surface area contributed by atoms with Crippen molar-refractivity contribution < 1.29 is 9.47 Å². The molecule has 0 rings (SSSR count). The molecule has 0 aromatic rings. The number of hydrogen-bond acceptors (Lipinski definition) is 3. The van der Waals surface area contributed by atoms with Gasteiger partial charge >= 0.3 is 0 Å². The summed E-state index contributed by atoms with van der Waals surface area (Å²) in [7, 11) is 0. The topological polar surface area (TPSA) is 82.9 Å². The standard InChI is InChI=1S/C9H21N3O2/c1-2-3-5-13-7-8-14-6-4-12-9(10)11/h2-8H2,1H3,(H4,10,11,12). The third-order valence-electron chi connectivity index (χ3n) is 1.54. The van der Waals surface area contributed by atoms with Crippen LogP contribution in [0.4, 0.5) is 0 Å². The third-order valence-corrected chi connectivity index (χ3v) is 1.54. The van der Waals surface area contributed by atoms with Crippen LogP contribution in [0.3, 0.4) is 0 Å². The molecule has 0 radical (unpaired) electrons. The van der Waals surface area contributed by atoms with Crippen LogP contribution >= 0.6 is 0 Å². The molecule has 0 aromatic heterocycles. The van der Waals surface area contributed by atoms with Crippen LogP contribution in [0.5, 0.6) is 0 Å². The largest absolute Gasteiger partial charge is 0.379 e. The number of rotatable bonds is 9. The summed E-state index contributed by atoms with van der Waals surface area (Å²) >= 11 is 0. The molecule has 5 heteroatoms. The lowest BCUT2D eigenvalue weighted by Gasteiger charge is -2.03. The number of hydrogen-bond donors (Lipinski definition) is 2. The van der Waals surface area contributed by atoms with Crippen LogP contribution in [0, 0.1) is 0 Å². The summed E-state index contributed by atoms with van der Waals surface area (Å²) < 4.78 is 10.5. The van der Waals surface area contributed by atoms with Crippen LogP contribution in [0.1, 0.15) is 19.8 Å². The van der Waals surface area contributed by atoms with E-state index in [-0.39, 0.29) is 5.96 Å². The van der Waals surface area contributed by atoms with Crippen molar-refractivity contribution in [1.29, 1.82) is 0 Å². The summed E-state index contributed by atoms with van der Waals surface area (Å²) in [6.45, 7) is 5.24. The highest BCUT2D eigenvalue weighted by atomic mass is 16.5. The fourth-order valence-electron chi connectivity index (χ4n) is 0.808. The lowest BCUT2D eigenvalue weighted by molar-refractivity contribution is 0.0498. The Balaban J connectivity index is 2.96. The van der Waals surface area contributed by atoms with E-state index in [1.54, 1.807) is 0 Å². The van der Waals surface area contributed by atoms with Crippen molar-refractivity contribution in [3.63, 3.8) is 0 Å². The highest BCUT2D eigenvalue weighted by Gasteiger charge is 1.89. The van der Waals surface area contributed by atoms with Crippen LogP contribution in [0.2, 0.25) is 0 Å². The van der Waals surface area contributed by atoms with Gasteiger partial charge in [0.15, 0.2) is 5.96 Å². The van der Waals surface area contributed by atoms with Gasteiger partial charge < -0.3 is 20.9 Å². The second-order valence-electron chi connectivity index (χ2n) is 2.88. The molecular formula is C9H21N3O2. The highest BCUT2D eigenvalue weighted by molar-refractivity contribution is 5.75. The molecule has 5 nitrogen and oxygen atoms in total. The lowest BCUT2D eigenvalue weighted by atomic mass is 10.4. The second kappa shape index (κ2) is 10.3. The zero-order valence-electron chi connectivity index (χ0n) is 8.87. The van der Waals surface area contributed by atoms with Gasteiger partial charge in [-0.05, 0) is 6.42 Å². The highest BCUT2D eigenvalue weighted by Crippen LogP contribution is 1.87. The third kappa shape index (κ3) is 11.2. The maximum Gasteiger partial charge on any atom is 0.185 e. The number of unbranched alkanes of at least 4 members (excludes halogenated alkanes) is 1. The van der Waals surface area contributed by atoms with E-state index in [2.05, 4.69) is 11.9 Å². The van der Waals surface area contributed by atoms with E-state index in [4.69, 9.17) is 20.9 Å². The molecule has 0 unspecified atom stereocenters. The number of aliphatic imine (C=N–C) groups is 1. The number of guanidine groups is 1. The fourth-order valence-corrected chi connectivity index (χ4v) is 0.808. The van der Waals surface area contributed by atoms with Crippen molar-refractivity contribution in [2.45, 2.75) is 19.8 Å². The quantitative estimate of drug-likeness (QED) is 0.316. The van der Waals surface area contributed by atoms with Crippen LogP contribution in [0.15, 0.2) is 4.99 Å². The summed E-state index contributed by atoms with van der Waals surface area (Å²) in [4.78, 5) is 3.78. The Morgan fingerprint density at radius 3 is 2.29 bits per heavy atom. The normalized spacial score (nSPS) is 10.1. The van der Waals surface area contributed by atoms with E-state index in [9.17, 15) is 0 Å². The molecule has 0 aromatic carbocycles. The Morgan fingerprint density at radius 2 is 1.71 bits per heavy atom. The van der Waals surface area contributed by atoms with Crippen molar-refractivity contribution in [2.24, 2.45) is 16.5 Å². The Morgan fingerprint density at radius 1 is 1.07 bits per heavy atom. The minimum absolute atomic E-state index is 0.104. The molecule has 0 spiro atoms. The molecule has 84 valence electrons. The maximum absolute atomic E-state index is 5.29. The van der Waals surface area contributed by atoms with E-state index >= 15 is 0 Å². The lowest BCUT2D eigenvalue weighted by Crippen LogP contribution is -2.23. The maximum atomic E-state index is 5.29. The molecule has 0 aliphatic heterocycles. The van der Waals surface area contributed by atoms with Crippen molar-refractivity contribution in [1.82, 2.24) is 0 Å². The minimum atomic E-state index is 0.104. The zero-order valence-corrected chi connectivity index (χ0v) is 8.87. The van der Waals surface area contributed by atoms with E-state index in [0.717, 1.165) is 19.4 Å². The summed E-state index contributed by atoms with van der Waals surface area (Å²) in [5, 5.41) is 0. The van der Waals surface area contributed by atoms with Gasteiger partial charge in [0.25, 0.3) is 0 Å². The van der Waals surface area contributed by atoms with E-state index in [1.807, 2.05) is 0 Å². The number of nitrogens with zero attached hydrogens (tertiary/aromatic N) is 1. The van der Waals surface area contributed by atoms with Gasteiger partial charge in [-0.1, -0.05) is 13.3 Å². The monoisotopic (exact) mass is 203 g/mol. The number of nitrogens with two attached hydrogens (primary N) is 2. The molecule has 0 amide bonds. The molecule has 0 aliphatic rings. The predicted molar refractivity (Wildman–Crippen MR) is 57.2 cm³/mol. The first kappa shape index (κ1) is 13.2. The first-order chi connectivity index (χ1) is 6.77. The van der Waals surface area contributed by atoms with Crippen molar-refractivity contribution >= 4 is 5.96 Å². The van der Waals surface area contributed by atoms with Gasteiger partial charge in [0.1, 0.15) is 0 Å². The van der Waals surface area contributed by atoms with Gasteiger partial charge in [0.05, 0.1) is 26.4 Å². The molecule has 14 heavy (non-hydrogen) atoms. The van der Waals surface area contributed by atoms with E-state index < -0.39 is 0 Å². The van der Waals surface area contributed by atoms with E-state index in [0.29, 0.717) is 26.4 Å². The van der Waals surface area contributed by atoms with Crippen LogP contribution in [-0.2, 0) is 9.47 Å². The molecule has 0 fully saturated rings. The summed E-state index contributed by atoms with van der Waals surface area (Å²) in [6, 6.07) is 0. The van der Waals surface area contributed by atoms with Gasteiger partial charge in [0.2, 0.25) is 0 Å². The predicted octanol–water partition coefficient (Wildman–Crippen LogP) is 0.0931. The SMILES string of the molecule is CCCCOCCOCCN=C(N)N. The molecule has 0 aliphatic carbocycles. The Kier molecular flexibility index (Phi) is 9.68. The molecule has 0 atom stereocenters. The van der Waals surface area contributed by atoms with Crippen molar-refractivity contribution in [2.75, 3.05) is 33.0 Å². The molecule has 0 saturated heterocycles. The summed E-state index contributed by atoms with van der Waals surface area (Å²) in [5.74, 6) is 0.104. The van der Waals surface area contributed by atoms with Crippen LogP contribution in [0.25, 0.3) is 0 Å². The molecule has 0 saturated carbocycles. The fraction of sp³-hybridized carbons (Fsp3) is 0.889. The first-order valence-corrected chi connectivity index (χ1v) is 4.98. The van der Waals surface area contributed by atoms with Crippen LogP contribution < -0.4 is 11.5 Å². The Labute approximate surface area is 85.5 Å². The van der Waals surface area contributed by atoms with E-state index in [1.165, 1.54) is 0 Å². The second-order valence-corrected chi connectivity index (χ2v) is 2.88. The van der Waals surface area contributed by atoms with Gasteiger partial charge in [0, 0.05) is 6.61 Å².